The number of aryl methyl sites for hydroxylation is 2. The maximum absolute atomic E-state index is 12.9. The number of benzene rings is 1. The predicted molar refractivity (Wildman–Crippen MR) is 85.1 cm³/mol. The second-order valence-corrected chi connectivity index (χ2v) is 5.59. The van der Waals surface area contributed by atoms with Gasteiger partial charge in [-0.2, -0.15) is 5.10 Å². The second kappa shape index (κ2) is 6.11. The molecule has 6 heteroatoms. The first-order chi connectivity index (χ1) is 10.6. The summed E-state index contributed by atoms with van der Waals surface area (Å²) in [4.78, 5) is 5.20. The van der Waals surface area contributed by atoms with Crippen LogP contribution in [0.3, 0.4) is 0 Å². The number of furan rings is 1. The molecule has 0 aliphatic heterocycles. The molecule has 0 saturated heterocycles. The summed E-state index contributed by atoms with van der Waals surface area (Å²) in [6, 6.07) is 9.79. The van der Waals surface area contributed by atoms with Crippen LogP contribution in [0.4, 0.5) is 10.1 Å². The van der Waals surface area contributed by atoms with Gasteiger partial charge in [0.15, 0.2) is 0 Å². The molecule has 3 rings (SSSR count). The fourth-order valence-electron chi connectivity index (χ4n) is 1.87. The first-order valence-electron chi connectivity index (χ1n) is 6.70. The van der Waals surface area contributed by atoms with Crippen LogP contribution in [0, 0.1) is 19.7 Å². The average molecular weight is 315 g/mol. The quantitative estimate of drug-likeness (QED) is 0.673. The molecule has 0 spiro atoms. The van der Waals surface area contributed by atoms with E-state index in [1.807, 2.05) is 31.4 Å². The highest BCUT2D eigenvalue weighted by Crippen LogP contribution is 2.12. The summed E-state index contributed by atoms with van der Waals surface area (Å²) in [7, 11) is 0. The lowest BCUT2D eigenvalue weighted by atomic mass is 10.3. The van der Waals surface area contributed by atoms with E-state index in [0.717, 1.165) is 11.5 Å². The van der Waals surface area contributed by atoms with Gasteiger partial charge in [-0.3, -0.25) is 0 Å². The molecule has 0 unspecified atom stereocenters. The molecule has 112 valence electrons. The van der Waals surface area contributed by atoms with E-state index in [0.29, 0.717) is 16.2 Å². The molecule has 22 heavy (non-hydrogen) atoms. The van der Waals surface area contributed by atoms with Crippen LogP contribution in [0.2, 0.25) is 0 Å². The van der Waals surface area contributed by atoms with Crippen molar-refractivity contribution in [2.45, 2.75) is 13.8 Å². The summed E-state index contributed by atoms with van der Waals surface area (Å²) < 4.78 is 20.1. The van der Waals surface area contributed by atoms with Crippen LogP contribution < -0.4 is 4.80 Å². The Morgan fingerprint density at radius 3 is 2.59 bits per heavy atom. The van der Waals surface area contributed by atoms with E-state index in [1.165, 1.54) is 23.5 Å². The molecule has 0 N–H and O–H groups in total. The second-order valence-electron chi connectivity index (χ2n) is 4.75. The summed E-state index contributed by atoms with van der Waals surface area (Å²) in [6.07, 6.45) is 1.65. The molecule has 0 radical (unpaired) electrons. The van der Waals surface area contributed by atoms with Gasteiger partial charge in [0.1, 0.15) is 17.3 Å². The minimum absolute atomic E-state index is 0.277. The number of hydrogen-bond acceptors (Lipinski definition) is 4. The molecular weight excluding hydrogens is 301 g/mol. The highest BCUT2D eigenvalue weighted by molar-refractivity contribution is 7.07. The van der Waals surface area contributed by atoms with Crippen LogP contribution in [0.1, 0.15) is 17.2 Å². The molecular formula is C16H14FN3OS. The molecule has 0 aliphatic carbocycles. The van der Waals surface area contributed by atoms with Crippen LogP contribution >= 0.6 is 11.3 Å². The number of aromatic nitrogens is 1. The van der Waals surface area contributed by atoms with Gasteiger partial charge in [-0.15, -0.1) is 11.3 Å². The standard InChI is InChI=1S/C16H14FN3OS/c1-11-10-22-16(19-14-6-4-13(17)5-7-14)20(11)18-9-15-8-3-12(2)21-15/h3-10H,1-2H3. The van der Waals surface area contributed by atoms with Crippen LogP contribution in [0.25, 0.3) is 0 Å². The zero-order valence-corrected chi connectivity index (χ0v) is 13.0. The number of halogens is 1. The molecule has 2 aromatic heterocycles. The van der Waals surface area contributed by atoms with E-state index in [2.05, 4.69) is 10.1 Å². The van der Waals surface area contributed by atoms with Gasteiger partial charge in [0.2, 0.25) is 4.80 Å². The fourth-order valence-corrected chi connectivity index (χ4v) is 2.69. The van der Waals surface area contributed by atoms with Gasteiger partial charge >= 0.3 is 0 Å². The van der Waals surface area contributed by atoms with E-state index in [1.54, 1.807) is 23.0 Å². The first kappa shape index (κ1) is 14.5. The van der Waals surface area contributed by atoms with Crippen molar-refractivity contribution in [1.29, 1.82) is 0 Å². The zero-order chi connectivity index (χ0) is 15.5. The molecule has 0 amide bonds. The maximum atomic E-state index is 12.9. The Hall–Kier alpha value is -2.47. The molecule has 0 bridgehead atoms. The smallest absolute Gasteiger partial charge is 0.211 e. The Balaban J connectivity index is 1.97. The minimum Gasteiger partial charge on any atom is -0.460 e. The molecule has 1 aromatic carbocycles. The van der Waals surface area contributed by atoms with E-state index in [4.69, 9.17) is 4.42 Å². The van der Waals surface area contributed by atoms with Crippen molar-refractivity contribution in [2.24, 2.45) is 10.1 Å². The lowest BCUT2D eigenvalue weighted by molar-refractivity contribution is 0.527. The van der Waals surface area contributed by atoms with Crippen LogP contribution in [0.15, 0.2) is 56.3 Å². The van der Waals surface area contributed by atoms with E-state index < -0.39 is 0 Å². The Morgan fingerprint density at radius 1 is 1.14 bits per heavy atom. The van der Waals surface area contributed by atoms with Crippen molar-refractivity contribution in [3.63, 3.8) is 0 Å². The van der Waals surface area contributed by atoms with Gasteiger partial charge in [-0.1, -0.05) is 0 Å². The van der Waals surface area contributed by atoms with Gasteiger partial charge in [0, 0.05) is 5.38 Å². The molecule has 3 aromatic rings. The number of nitrogens with zero attached hydrogens (tertiary/aromatic N) is 3. The summed E-state index contributed by atoms with van der Waals surface area (Å²) in [5, 5.41) is 6.37. The molecule has 4 nitrogen and oxygen atoms in total. The Labute approximate surface area is 130 Å². The summed E-state index contributed by atoms with van der Waals surface area (Å²) in [5.41, 5.74) is 1.64. The van der Waals surface area contributed by atoms with Gasteiger partial charge in [-0.05, 0) is 50.2 Å². The fraction of sp³-hybridized carbons (Fsp3) is 0.125. The topological polar surface area (TPSA) is 42.8 Å². The van der Waals surface area contributed by atoms with Crippen molar-refractivity contribution >= 4 is 23.2 Å². The molecule has 2 heterocycles. The van der Waals surface area contributed by atoms with Gasteiger partial charge in [0.05, 0.1) is 17.6 Å². The maximum Gasteiger partial charge on any atom is 0.211 e. The summed E-state index contributed by atoms with van der Waals surface area (Å²) >= 11 is 1.47. The number of hydrogen-bond donors (Lipinski definition) is 0. The largest absolute Gasteiger partial charge is 0.460 e. The SMILES string of the molecule is Cc1ccc(C=Nn2c(C)csc2=Nc2ccc(F)cc2)o1. The Morgan fingerprint density at radius 2 is 1.91 bits per heavy atom. The van der Waals surface area contributed by atoms with Crippen molar-refractivity contribution in [2.75, 3.05) is 0 Å². The normalized spacial score (nSPS) is 12.4. The molecule has 0 fully saturated rings. The minimum atomic E-state index is -0.277. The van der Waals surface area contributed by atoms with Crippen molar-refractivity contribution in [3.8, 4) is 0 Å². The Bertz CT molecular complexity index is 871. The van der Waals surface area contributed by atoms with Gasteiger partial charge in [-0.25, -0.2) is 14.1 Å². The third kappa shape index (κ3) is 3.23. The molecule has 0 aliphatic rings. The molecule has 0 atom stereocenters. The molecule has 0 saturated carbocycles. The summed E-state index contributed by atoms with van der Waals surface area (Å²) in [6.45, 7) is 3.83. The lowest BCUT2D eigenvalue weighted by Gasteiger charge is -1.97. The van der Waals surface area contributed by atoms with Crippen molar-refractivity contribution < 1.29 is 8.81 Å². The van der Waals surface area contributed by atoms with Crippen molar-refractivity contribution in [3.05, 3.63) is 69.6 Å². The Kier molecular flexibility index (Phi) is 4.02. The first-order valence-corrected chi connectivity index (χ1v) is 7.58. The third-order valence-corrected chi connectivity index (χ3v) is 3.90. The van der Waals surface area contributed by atoms with Crippen molar-refractivity contribution in [1.82, 2.24) is 4.68 Å². The van der Waals surface area contributed by atoms with Crippen LogP contribution in [-0.4, -0.2) is 10.9 Å². The number of thiazole rings is 1. The zero-order valence-electron chi connectivity index (χ0n) is 12.2. The van der Waals surface area contributed by atoms with Crippen LogP contribution in [-0.2, 0) is 0 Å². The number of rotatable bonds is 3. The van der Waals surface area contributed by atoms with E-state index >= 15 is 0 Å². The van der Waals surface area contributed by atoms with Crippen LogP contribution in [0.5, 0.6) is 0 Å². The third-order valence-electron chi connectivity index (χ3n) is 2.96. The highest BCUT2D eigenvalue weighted by Gasteiger charge is 2.01. The monoisotopic (exact) mass is 315 g/mol. The average Bonchev–Trinajstić information content (AvgIpc) is 3.06. The van der Waals surface area contributed by atoms with E-state index in [9.17, 15) is 4.39 Å². The lowest BCUT2D eigenvalue weighted by Crippen LogP contribution is -2.11. The predicted octanol–water partition coefficient (Wildman–Crippen LogP) is 4.01. The van der Waals surface area contributed by atoms with Gasteiger partial charge < -0.3 is 4.42 Å². The van der Waals surface area contributed by atoms with Gasteiger partial charge in [0.25, 0.3) is 0 Å². The summed E-state index contributed by atoms with van der Waals surface area (Å²) in [5.74, 6) is 1.24. The highest BCUT2D eigenvalue weighted by atomic mass is 32.1. The van der Waals surface area contributed by atoms with E-state index in [-0.39, 0.29) is 5.82 Å².